The first-order chi connectivity index (χ1) is 12.6. The van der Waals surface area contributed by atoms with E-state index in [2.05, 4.69) is 10.6 Å². The molecule has 0 spiro atoms. The van der Waals surface area contributed by atoms with Gasteiger partial charge in [0.05, 0.1) is 22.0 Å². The van der Waals surface area contributed by atoms with Crippen LogP contribution in [0.1, 0.15) is 20.9 Å². The molecule has 0 saturated carbocycles. The number of carbonyl (C=O) groups excluding carboxylic acids is 2. The van der Waals surface area contributed by atoms with E-state index in [1.807, 2.05) is 0 Å². The van der Waals surface area contributed by atoms with Gasteiger partial charge in [0.25, 0.3) is 5.91 Å². The van der Waals surface area contributed by atoms with Gasteiger partial charge in [0, 0.05) is 5.56 Å². The number of furan rings is 1. The number of ketones is 1. The fourth-order valence-electron chi connectivity index (χ4n) is 2.32. The summed E-state index contributed by atoms with van der Waals surface area (Å²) in [6.07, 6.45) is 0.315. The minimum atomic E-state index is -1.06. The van der Waals surface area contributed by atoms with Crippen molar-refractivity contribution in [2.45, 2.75) is 6.17 Å². The van der Waals surface area contributed by atoms with Crippen LogP contribution in [0.25, 0.3) is 0 Å². The molecule has 2 N–H and O–H groups in total. The predicted molar refractivity (Wildman–Crippen MR) is 101 cm³/mol. The van der Waals surface area contributed by atoms with Crippen LogP contribution >= 0.6 is 23.2 Å². The Morgan fingerprint density at radius 3 is 2.38 bits per heavy atom. The predicted octanol–water partition coefficient (Wildman–Crippen LogP) is 4.64. The highest BCUT2D eigenvalue weighted by atomic mass is 35.5. The summed E-state index contributed by atoms with van der Waals surface area (Å²) in [4.78, 5) is 25.2. The molecule has 0 aliphatic carbocycles. The molecule has 0 saturated heterocycles. The molecule has 0 aliphatic rings. The molecule has 1 heterocycles. The molecule has 26 heavy (non-hydrogen) atoms. The number of rotatable bonds is 6. The molecule has 1 atom stereocenters. The largest absolute Gasteiger partial charge is 0.459 e. The number of anilines is 1. The van der Waals surface area contributed by atoms with Gasteiger partial charge < -0.3 is 15.1 Å². The SMILES string of the molecule is O=C(N[C@H](Nc1cccc(Cl)c1Cl)C(=O)c1ccccc1)c1ccco1. The number of carbonyl (C=O) groups is 2. The van der Waals surface area contributed by atoms with Crippen molar-refractivity contribution in [2.24, 2.45) is 0 Å². The van der Waals surface area contributed by atoms with Gasteiger partial charge in [-0.25, -0.2) is 0 Å². The third-order valence-corrected chi connectivity index (χ3v) is 4.41. The Hall–Kier alpha value is -2.76. The Bertz CT molecular complexity index is 912. The van der Waals surface area contributed by atoms with E-state index in [-0.39, 0.29) is 16.6 Å². The maximum absolute atomic E-state index is 12.9. The molecule has 2 aromatic carbocycles. The molecule has 0 aliphatic heterocycles. The van der Waals surface area contributed by atoms with Gasteiger partial charge >= 0.3 is 0 Å². The van der Waals surface area contributed by atoms with E-state index in [0.717, 1.165) is 0 Å². The average Bonchev–Trinajstić information content (AvgIpc) is 3.20. The Balaban J connectivity index is 1.89. The topological polar surface area (TPSA) is 71.3 Å². The molecule has 3 aromatic rings. The van der Waals surface area contributed by atoms with Gasteiger partial charge in [-0.05, 0) is 24.3 Å². The third kappa shape index (κ3) is 4.07. The Morgan fingerprint density at radius 2 is 1.69 bits per heavy atom. The molecule has 0 fully saturated rings. The first-order valence-corrected chi connectivity index (χ1v) is 8.46. The van der Waals surface area contributed by atoms with E-state index in [9.17, 15) is 9.59 Å². The number of nitrogens with one attached hydrogen (secondary N) is 2. The highest BCUT2D eigenvalue weighted by molar-refractivity contribution is 6.43. The lowest BCUT2D eigenvalue weighted by atomic mass is 10.1. The summed E-state index contributed by atoms with van der Waals surface area (Å²) in [5.74, 6) is -0.772. The van der Waals surface area contributed by atoms with Gasteiger partial charge in [-0.15, -0.1) is 0 Å². The molecule has 0 unspecified atom stereocenters. The zero-order valence-corrected chi connectivity index (χ0v) is 14.9. The van der Waals surface area contributed by atoms with Crippen molar-refractivity contribution in [1.82, 2.24) is 5.32 Å². The van der Waals surface area contributed by atoms with Gasteiger partial charge in [-0.2, -0.15) is 0 Å². The Kier molecular flexibility index (Phi) is 5.61. The van der Waals surface area contributed by atoms with Crippen LogP contribution in [0.2, 0.25) is 10.0 Å². The minimum Gasteiger partial charge on any atom is -0.459 e. The highest BCUT2D eigenvalue weighted by Crippen LogP contribution is 2.30. The lowest BCUT2D eigenvalue weighted by Gasteiger charge is -2.21. The van der Waals surface area contributed by atoms with E-state index < -0.39 is 12.1 Å². The summed E-state index contributed by atoms with van der Waals surface area (Å²) < 4.78 is 5.08. The molecule has 132 valence electrons. The summed E-state index contributed by atoms with van der Waals surface area (Å²) >= 11 is 12.2. The lowest BCUT2D eigenvalue weighted by molar-refractivity contribution is 0.0853. The van der Waals surface area contributed by atoms with Gasteiger partial charge in [-0.3, -0.25) is 9.59 Å². The molecule has 5 nitrogen and oxygen atoms in total. The number of halogens is 2. The summed E-state index contributed by atoms with van der Waals surface area (Å²) in [6.45, 7) is 0. The summed E-state index contributed by atoms with van der Waals surface area (Å²) in [7, 11) is 0. The van der Waals surface area contributed by atoms with Crippen LogP contribution in [0.3, 0.4) is 0 Å². The van der Waals surface area contributed by atoms with Crippen LogP contribution in [0, 0.1) is 0 Å². The summed E-state index contributed by atoms with van der Waals surface area (Å²) in [5.41, 5.74) is 0.857. The molecule has 1 aromatic heterocycles. The zero-order valence-electron chi connectivity index (χ0n) is 13.4. The molecular weight excluding hydrogens is 375 g/mol. The molecule has 0 bridgehead atoms. The molecule has 1 amide bonds. The molecule has 7 heteroatoms. The number of Topliss-reactive ketones (excluding diaryl/α,β-unsaturated/α-hetero) is 1. The standard InChI is InChI=1S/C19H14Cl2N2O3/c20-13-8-4-9-14(16(13)21)22-18(17(24)12-6-2-1-3-7-12)23-19(25)15-10-5-11-26-15/h1-11,18,22H,(H,23,25)/t18-/m0/s1. The normalized spacial score (nSPS) is 11.6. The van der Waals surface area contributed by atoms with Crippen molar-refractivity contribution in [3.8, 4) is 0 Å². The summed E-state index contributed by atoms with van der Waals surface area (Å²) in [5, 5.41) is 6.15. The number of hydrogen-bond donors (Lipinski definition) is 2. The average molecular weight is 389 g/mol. The second kappa shape index (κ2) is 8.08. The monoisotopic (exact) mass is 388 g/mol. The van der Waals surface area contributed by atoms with E-state index in [1.54, 1.807) is 54.6 Å². The van der Waals surface area contributed by atoms with Crippen molar-refractivity contribution >= 4 is 40.6 Å². The first-order valence-electron chi connectivity index (χ1n) is 7.70. The Labute approximate surface area is 159 Å². The van der Waals surface area contributed by atoms with Crippen molar-refractivity contribution in [3.05, 3.63) is 88.3 Å². The highest BCUT2D eigenvalue weighted by Gasteiger charge is 2.24. The number of benzene rings is 2. The fourth-order valence-corrected chi connectivity index (χ4v) is 2.67. The number of amides is 1. The van der Waals surface area contributed by atoms with E-state index in [0.29, 0.717) is 16.3 Å². The van der Waals surface area contributed by atoms with Crippen LogP contribution < -0.4 is 10.6 Å². The van der Waals surface area contributed by atoms with Crippen LogP contribution in [0.15, 0.2) is 71.3 Å². The van der Waals surface area contributed by atoms with Crippen molar-refractivity contribution in [2.75, 3.05) is 5.32 Å². The smallest absolute Gasteiger partial charge is 0.288 e. The minimum absolute atomic E-state index is 0.0925. The van der Waals surface area contributed by atoms with Crippen LogP contribution in [0.4, 0.5) is 5.69 Å². The molecule has 0 radical (unpaired) electrons. The summed E-state index contributed by atoms with van der Waals surface area (Å²) in [6, 6.07) is 16.7. The van der Waals surface area contributed by atoms with Gasteiger partial charge in [-0.1, -0.05) is 59.6 Å². The van der Waals surface area contributed by atoms with E-state index in [1.165, 1.54) is 12.3 Å². The van der Waals surface area contributed by atoms with Gasteiger partial charge in [0.2, 0.25) is 5.78 Å². The zero-order chi connectivity index (χ0) is 18.5. The van der Waals surface area contributed by atoms with E-state index in [4.69, 9.17) is 27.6 Å². The van der Waals surface area contributed by atoms with Crippen molar-refractivity contribution < 1.29 is 14.0 Å². The van der Waals surface area contributed by atoms with Crippen molar-refractivity contribution in [1.29, 1.82) is 0 Å². The lowest BCUT2D eigenvalue weighted by Crippen LogP contribution is -2.46. The second-order valence-corrected chi connectivity index (χ2v) is 6.14. The van der Waals surface area contributed by atoms with Gasteiger partial charge in [0.15, 0.2) is 11.9 Å². The molecule has 3 rings (SSSR count). The quantitative estimate of drug-likeness (QED) is 0.476. The van der Waals surface area contributed by atoms with Crippen LogP contribution in [-0.2, 0) is 0 Å². The molecular formula is C19H14Cl2N2O3. The fraction of sp³-hybridized carbons (Fsp3) is 0.0526. The van der Waals surface area contributed by atoms with E-state index >= 15 is 0 Å². The van der Waals surface area contributed by atoms with Crippen molar-refractivity contribution in [3.63, 3.8) is 0 Å². The maximum atomic E-state index is 12.9. The Morgan fingerprint density at radius 1 is 0.923 bits per heavy atom. The maximum Gasteiger partial charge on any atom is 0.288 e. The number of hydrogen-bond acceptors (Lipinski definition) is 4. The van der Waals surface area contributed by atoms with Crippen LogP contribution in [-0.4, -0.2) is 17.9 Å². The third-order valence-electron chi connectivity index (χ3n) is 3.59. The first kappa shape index (κ1) is 18.0. The van der Waals surface area contributed by atoms with Crippen LogP contribution in [0.5, 0.6) is 0 Å². The second-order valence-electron chi connectivity index (χ2n) is 5.36. The van der Waals surface area contributed by atoms with Gasteiger partial charge in [0.1, 0.15) is 0 Å².